The number of benzene rings is 4. The van der Waals surface area contributed by atoms with Crippen molar-refractivity contribution in [3.8, 4) is 0 Å². The van der Waals surface area contributed by atoms with Crippen LogP contribution in [0.15, 0.2) is 113 Å². The third-order valence-electron chi connectivity index (χ3n) is 4.90. The highest BCUT2D eigenvalue weighted by Gasteiger charge is 2.14. The highest BCUT2D eigenvalue weighted by Crippen LogP contribution is 2.30. The minimum atomic E-state index is -3.69. The molecule has 0 radical (unpaired) electrons. The molecule has 5 nitrogen and oxygen atoms in total. The number of carbonyl (C=O) groups excluding carboxylic acids is 1. The Morgan fingerprint density at radius 2 is 1.44 bits per heavy atom. The molecule has 0 aliphatic rings. The van der Waals surface area contributed by atoms with E-state index in [0.29, 0.717) is 22.0 Å². The van der Waals surface area contributed by atoms with Gasteiger partial charge in [-0.05, 0) is 66.2 Å². The first-order valence-electron chi connectivity index (χ1n) is 10.4. The van der Waals surface area contributed by atoms with Crippen molar-refractivity contribution in [1.82, 2.24) is 0 Å². The van der Waals surface area contributed by atoms with Crippen molar-refractivity contribution in [2.75, 3.05) is 10.0 Å². The Morgan fingerprint density at radius 3 is 2.15 bits per heavy atom. The van der Waals surface area contributed by atoms with Gasteiger partial charge in [-0.15, -0.1) is 11.8 Å². The molecule has 0 heterocycles. The van der Waals surface area contributed by atoms with Crippen molar-refractivity contribution in [3.05, 3.63) is 119 Å². The van der Waals surface area contributed by atoms with Crippen LogP contribution in [-0.2, 0) is 15.8 Å². The molecule has 4 rings (SSSR count). The van der Waals surface area contributed by atoms with Gasteiger partial charge in [-0.2, -0.15) is 0 Å². The molecule has 34 heavy (non-hydrogen) atoms. The number of hydrogen-bond donors (Lipinski definition) is 2. The molecule has 1 amide bonds. The number of carbonyl (C=O) groups is 1. The largest absolute Gasteiger partial charge is 0.321 e. The van der Waals surface area contributed by atoms with E-state index in [-0.39, 0.29) is 10.8 Å². The average Bonchev–Trinajstić information content (AvgIpc) is 2.85. The van der Waals surface area contributed by atoms with Crippen LogP contribution in [0, 0.1) is 0 Å². The summed E-state index contributed by atoms with van der Waals surface area (Å²) in [6.07, 6.45) is 0. The second-order valence-electron chi connectivity index (χ2n) is 7.36. The Bertz CT molecular complexity index is 1380. The van der Waals surface area contributed by atoms with Crippen LogP contribution in [0.1, 0.15) is 15.9 Å². The third-order valence-corrected chi connectivity index (χ3v) is 7.69. The summed E-state index contributed by atoms with van der Waals surface area (Å²) in [5.74, 6) is 0.456. The lowest BCUT2D eigenvalue weighted by molar-refractivity contribution is 0.102. The number of amides is 1. The predicted molar refractivity (Wildman–Crippen MR) is 139 cm³/mol. The number of anilines is 2. The van der Waals surface area contributed by atoms with E-state index in [4.69, 9.17) is 11.6 Å². The number of thioether (sulfide) groups is 1. The summed E-state index contributed by atoms with van der Waals surface area (Å²) < 4.78 is 27.5. The van der Waals surface area contributed by atoms with Crippen LogP contribution in [0.2, 0.25) is 5.02 Å². The van der Waals surface area contributed by atoms with Gasteiger partial charge in [0.15, 0.2) is 0 Å². The van der Waals surface area contributed by atoms with E-state index < -0.39 is 10.0 Å². The van der Waals surface area contributed by atoms with E-state index in [0.717, 1.165) is 16.2 Å². The summed E-state index contributed by atoms with van der Waals surface area (Å²) in [7, 11) is -3.69. The lowest BCUT2D eigenvalue weighted by atomic mass is 10.2. The van der Waals surface area contributed by atoms with Crippen molar-refractivity contribution in [1.29, 1.82) is 0 Å². The summed E-state index contributed by atoms with van der Waals surface area (Å²) in [4.78, 5) is 13.9. The van der Waals surface area contributed by atoms with Crippen LogP contribution in [0.25, 0.3) is 0 Å². The molecule has 0 atom stereocenters. The van der Waals surface area contributed by atoms with Crippen LogP contribution < -0.4 is 10.0 Å². The van der Waals surface area contributed by atoms with Crippen molar-refractivity contribution >= 4 is 50.7 Å². The standard InChI is InChI=1S/C26H21ClN2O3S2/c27-21-14-10-19(11-15-21)18-33-25-9-5-4-8-24(25)28-26(30)20-12-16-22(17-13-20)29-34(31,32)23-6-2-1-3-7-23/h1-17,29H,18H2,(H,28,30). The van der Waals surface area contributed by atoms with Crippen molar-refractivity contribution in [2.24, 2.45) is 0 Å². The number of rotatable bonds is 8. The molecule has 4 aromatic carbocycles. The molecule has 0 saturated carbocycles. The van der Waals surface area contributed by atoms with Crippen molar-refractivity contribution in [2.45, 2.75) is 15.5 Å². The zero-order valence-corrected chi connectivity index (χ0v) is 20.3. The van der Waals surface area contributed by atoms with Gasteiger partial charge >= 0.3 is 0 Å². The molecule has 0 fully saturated rings. The fourth-order valence-electron chi connectivity index (χ4n) is 3.14. The first-order valence-corrected chi connectivity index (χ1v) is 13.2. The maximum atomic E-state index is 12.8. The fraction of sp³-hybridized carbons (Fsp3) is 0.0385. The molecule has 0 saturated heterocycles. The number of hydrogen-bond acceptors (Lipinski definition) is 4. The van der Waals surface area contributed by atoms with Gasteiger partial charge < -0.3 is 5.32 Å². The molecule has 0 aliphatic heterocycles. The molecule has 0 unspecified atom stereocenters. The molecule has 0 bridgehead atoms. The van der Waals surface area contributed by atoms with E-state index in [9.17, 15) is 13.2 Å². The van der Waals surface area contributed by atoms with Gasteiger partial charge in [0.05, 0.1) is 10.6 Å². The summed E-state index contributed by atoms with van der Waals surface area (Å²) in [6.45, 7) is 0. The SMILES string of the molecule is O=C(Nc1ccccc1SCc1ccc(Cl)cc1)c1ccc(NS(=O)(=O)c2ccccc2)cc1. The maximum Gasteiger partial charge on any atom is 0.261 e. The second-order valence-corrected chi connectivity index (χ2v) is 10.5. The highest BCUT2D eigenvalue weighted by molar-refractivity contribution is 7.98. The van der Waals surface area contributed by atoms with Crippen LogP contribution in [0.3, 0.4) is 0 Å². The lowest BCUT2D eigenvalue weighted by Crippen LogP contribution is -2.14. The minimum absolute atomic E-state index is 0.171. The number of para-hydroxylation sites is 1. The fourth-order valence-corrected chi connectivity index (χ4v) is 5.30. The van der Waals surface area contributed by atoms with Gasteiger partial charge in [-0.25, -0.2) is 8.42 Å². The monoisotopic (exact) mass is 508 g/mol. The van der Waals surface area contributed by atoms with Crippen LogP contribution >= 0.6 is 23.4 Å². The summed E-state index contributed by atoms with van der Waals surface area (Å²) in [6, 6.07) is 29.7. The molecule has 172 valence electrons. The van der Waals surface area contributed by atoms with E-state index in [2.05, 4.69) is 10.0 Å². The molecule has 2 N–H and O–H groups in total. The Morgan fingerprint density at radius 1 is 0.794 bits per heavy atom. The van der Waals surface area contributed by atoms with Gasteiger partial charge in [-0.1, -0.05) is 54.1 Å². The molecular weight excluding hydrogens is 488 g/mol. The Kier molecular flexibility index (Phi) is 7.57. The van der Waals surface area contributed by atoms with Crippen LogP contribution in [-0.4, -0.2) is 14.3 Å². The summed E-state index contributed by atoms with van der Waals surface area (Å²) >= 11 is 7.57. The van der Waals surface area contributed by atoms with Gasteiger partial charge in [0.1, 0.15) is 0 Å². The first kappa shape index (κ1) is 23.9. The minimum Gasteiger partial charge on any atom is -0.321 e. The highest BCUT2D eigenvalue weighted by atomic mass is 35.5. The Balaban J connectivity index is 1.42. The molecule has 8 heteroatoms. The summed E-state index contributed by atoms with van der Waals surface area (Å²) in [5.41, 5.74) is 2.63. The summed E-state index contributed by atoms with van der Waals surface area (Å²) in [5, 5.41) is 3.64. The molecular formula is C26H21ClN2O3S2. The number of nitrogens with one attached hydrogen (secondary N) is 2. The third kappa shape index (κ3) is 6.20. The Labute approximate surface area is 208 Å². The molecule has 0 spiro atoms. The smallest absolute Gasteiger partial charge is 0.261 e. The van der Waals surface area contributed by atoms with E-state index in [1.807, 2.05) is 48.5 Å². The predicted octanol–water partition coefficient (Wildman–Crippen LogP) is 6.69. The number of halogens is 1. The van der Waals surface area contributed by atoms with Gasteiger partial charge in [0, 0.05) is 26.9 Å². The normalized spacial score (nSPS) is 11.1. The maximum absolute atomic E-state index is 12.8. The Hall–Kier alpha value is -3.26. The van der Waals surface area contributed by atoms with Crippen LogP contribution in [0.4, 0.5) is 11.4 Å². The quantitative estimate of drug-likeness (QED) is 0.260. The van der Waals surface area contributed by atoms with E-state index in [1.54, 1.807) is 54.2 Å². The zero-order chi connectivity index (χ0) is 24.0. The van der Waals surface area contributed by atoms with Gasteiger partial charge in [0.25, 0.3) is 15.9 Å². The molecule has 4 aromatic rings. The molecule has 0 aliphatic carbocycles. The van der Waals surface area contributed by atoms with E-state index >= 15 is 0 Å². The van der Waals surface area contributed by atoms with Crippen molar-refractivity contribution < 1.29 is 13.2 Å². The zero-order valence-electron chi connectivity index (χ0n) is 17.9. The lowest BCUT2D eigenvalue weighted by Gasteiger charge is -2.12. The first-order chi connectivity index (χ1) is 16.4. The molecule has 0 aromatic heterocycles. The van der Waals surface area contributed by atoms with Gasteiger partial charge in [-0.3, -0.25) is 9.52 Å². The van der Waals surface area contributed by atoms with Crippen LogP contribution in [0.5, 0.6) is 0 Å². The second kappa shape index (κ2) is 10.8. The number of sulfonamides is 1. The van der Waals surface area contributed by atoms with Crippen molar-refractivity contribution in [3.63, 3.8) is 0 Å². The van der Waals surface area contributed by atoms with E-state index in [1.165, 1.54) is 12.1 Å². The average molecular weight is 509 g/mol. The topological polar surface area (TPSA) is 75.3 Å². The van der Waals surface area contributed by atoms with Gasteiger partial charge in [0.2, 0.25) is 0 Å².